The van der Waals surface area contributed by atoms with Gasteiger partial charge in [-0.2, -0.15) is 0 Å². The molecule has 0 bridgehead atoms. The fourth-order valence-electron chi connectivity index (χ4n) is 0.375. The molecule has 0 atom stereocenters. The Morgan fingerprint density at radius 2 is 1.25 bits per heavy atom. The highest BCUT2D eigenvalue weighted by Gasteiger charge is 1.95. The van der Waals surface area contributed by atoms with E-state index in [0.717, 1.165) is 6.08 Å². The maximum absolute atomic E-state index is 10.2. The standard InChI is InChI=1S/C5H8O2.C4H6O2.C4H8O.3C2H6/c1-4(2)5(6)7-3;1-3-4(5)6-2;1-3-4-5-2;3*1-2/h1H2,2-3H3;3H,1H2,2H3;3H,1,4H2,2H3;3*1-2H3. The van der Waals surface area contributed by atoms with Crippen molar-refractivity contribution in [2.45, 2.75) is 48.5 Å². The van der Waals surface area contributed by atoms with Gasteiger partial charge in [-0.3, -0.25) is 0 Å². The van der Waals surface area contributed by atoms with Crippen LogP contribution < -0.4 is 0 Å². The van der Waals surface area contributed by atoms with Gasteiger partial charge in [-0.05, 0) is 6.92 Å². The molecule has 0 aromatic heterocycles. The summed E-state index contributed by atoms with van der Waals surface area (Å²) >= 11 is 0. The molecule has 24 heavy (non-hydrogen) atoms. The third-order valence-corrected chi connectivity index (χ3v) is 1.19. The first kappa shape index (κ1) is 38.0. The SMILES string of the molecule is C=C(C)C(=O)OC.C=CC(=O)OC.C=CCOC.CC.CC.CC. The fraction of sp³-hybridized carbons (Fsp3) is 0.579. The minimum absolute atomic E-state index is 0.347. The molecule has 146 valence electrons. The van der Waals surface area contributed by atoms with Crippen LogP contribution in [0.2, 0.25) is 0 Å². The molecular formula is C19H40O5. The summed E-state index contributed by atoms with van der Waals surface area (Å²) in [6.45, 7) is 24.2. The number of ether oxygens (including phenoxy) is 3. The number of hydrogen-bond donors (Lipinski definition) is 0. The molecule has 0 saturated carbocycles. The summed E-state index contributed by atoms with van der Waals surface area (Å²) in [6, 6.07) is 0. The molecule has 0 radical (unpaired) electrons. The second-order valence-electron chi connectivity index (χ2n) is 2.74. The first-order chi connectivity index (χ1) is 11.4. The van der Waals surface area contributed by atoms with Gasteiger partial charge >= 0.3 is 11.9 Å². The highest BCUT2D eigenvalue weighted by atomic mass is 16.5. The van der Waals surface area contributed by atoms with E-state index in [-0.39, 0.29) is 5.97 Å². The molecule has 0 aliphatic rings. The van der Waals surface area contributed by atoms with E-state index in [1.54, 1.807) is 20.1 Å². The van der Waals surface area contributed by atoms with Crippen molar-refractivity contribution in [2.24, 2.45) is 0 Å². The zero-order valence-electron chi connectivity index (χ0n) is 17.5. The summed E-state index contributed by atoms with van der Waals surface area (Å²) in [6.07, 6.45) is 2.82. The minimum Gasteiger partial charge on any atom is -0.466 e. The number of carbonyl (C=O) groups is 2. The predicted octanol–water partition coefficient (Wildman–Crippen LogP) is 4.98. The Kier molecular flexibility index (Phi) is 78.6. The lowest BCUT2D eigenvalue weighted by Gasteiger charge is -1.91. The van der Waals surface area contributed by atoms with Crippen molar-refractivity contribution < 1.29 is 23.8 Å². The van der Waals surface area contributed by atoms with Crippen LogP contribution >= 0.6 is 0 Å². The van der Waals surface area contributed by atoms with Gasteiger partial charge in [0.05, 0.1) is 20.8 Å². The third kappa shape index (κ3) is 71.8. The summed E-state index contributed by atoms with van der Waals surface area (Å²) in [7, 11) is 4.28. The van der Waals surface area contributed by atoms with E-state index in [4.69, 9.17) is 0 Å². The molecule has 0 heterocycles. The highest BCUT2D eigenvalue weighted by Crippen LogP contribution is 1.87. The predicted molar refractivity (Wildman–Crippen MR) is 105 cm³/mol. The zero-order chi connectivity index (χ0) is 21.0. The van der Waals surface area contributed by atoms with Gasteiger partial charge in [0.15, 0.2) is 0 Å². The molecule has 0 spiro atoms. The summed E-state index contributed by atoms with van der Waals surface area (Å²) in [5, 5.41) is 0. The topological polar surface area (TPSA) is 61.8 Å². The Morgan fingerprint density at radius 1 is 0.875 bits per heavy atom. The Hall–Kier alpha value is -1.88. The van der Waals surface area contributed by atoms with Gasteiger partial charge in [0.1, 0.15) is 0 Å². The lowest BCUT2D eigenvalue weighted by atomic mass is 10.4. The maximum atomic E-state index is 10.2. The first-order valence-corrected chi connectivity index (χ1v) is 7.95. The van der Waals surface area contributed by atoms with Crippen LogP contribution in [-0.4, -0.2) is 39.9 Å². The molecule has 0 rings (SSSR count). The van der Waals surface area contributed by atoms with Crippen LogP contribution in [0.4, 0.5) is 0 Å². The van der Waals surface area contributed by atoms with Crippen molar-refractivity contribution >= 4 is 11.9 Å². The van der Waals surface area contributed by atoms with Crippen LogP contribution in [-0.2, 0) is 23.8 Å². The van der Waals surface area contributed by atoms with Crippen molar-refractivity contribution in [1.29, 1.82) is 0 Å². The molecule has 0 aromatic rings. The van der Waals surface area contributed by atoms with E-state index in [0.29, 0.717) is 12.2 Å². The second kappa shape index (κ2) is 49.7. The molecule has 0 aliphatic heterocycles. The van der Waals surface area contributed by atoms with Crippen molar-refractivity contribution in [3.63, 3.8) is 0 Å². The quantitative estimate of drug-likeness (QED) is 0.407. The molecular weight excluding hydrogens is 308 g/mol. The van der Waals surface area contributed by atoms with Gasteiger partial charge in [-0.25, -0.2) is 9.59 Å². The van der Waals surface area contributed by atoms with Crippen LogP contribution in [0.3, 0.4) is 0 Å². The van der Waals surface area contributed by atoms with Crippen LogP contribution in [0.5, 0.6) is 0 Å². The first-order valence-electron chi connectivity index (χ1n) is 7.95. The average Bonchev–Trinajstić information content (AvgIpc) is 2.66. The number of hydrogen-bond acceptors (Lipinski definition) is 5. The molecule has 0 aromatic carbocycles. The number of carbonyl (C=O) groups excluding carboxylic acids is 2. The van der Waals surface area contributed by atoms with Crippen LogP contribution in [0, 0.1) is 0 Å². The number of methoxy groups -OCH3 is 3. The normalized spacial score (nSPS) is 6.25. The van der Waals surface area contributed by atoms with E-state index in [1.165, 1.54) is 14.2 Å². The number of rotatable bonds is 4. The van der Waals surface area contributed by atoms with Gasteiger partial charge in [0, 0.05) is 18.8 Å². The molecule has 0 N–H and O–H groups in total. The maximum Gasteiger partial charge on any atom is 0.332 e. The summed E-state index contributed by atoms with van der Waals surface area (Å²) < 4.78 is 13.0. The van der Waals surface area contributed by atoms with E-state index in [2.05, 4.69) is 33.9 Å². The summed E-state index contributed by atoms with van der Waals surface area (Å²) in [4.78, 5) is 20.0. The second-order valence-corrected chi connectivity index (χ2v) is 2.74. The monoisotopic (exact) mass is 348 g/mol. The molecule has 0 unspecified atom stereocenters. The Bertz CT molecular complexity index is 271. The highest BCUT2D eigenvalue weighted by molar-refractivity contribution is 5.86. The van der Waals surface area contributed by atoms with E-state index in [9.17, 15) is 9.59 Å². The molecule has 5 heteroatoms. The van der Waals surface area contributed by atoms with E-state index < -0.39 is 5.97 Å². The Balaban J connectivity index is -0.0000000440. The van der Waals surface area contributed by atoms with Crippen molar-refractivity contribution in [2.75, 3.05) is 27.9 Å². The Labute approximate surface area is 150 Å². The molecule has 0 fully saturated rings. The lowest BCUT2D eigenvalue weighted by molar-refractivity contribution is -0.136. The van der Waals surface area contributed by atoms with Crippen molar-refractivity contribution in [3.05, 3.63) is 37.5 Å². The van der Waals surface area contributed by atoms with Crippen LogP contribution in [0.25, 0.3) is 0 Å². The van der Waals surface area contributed by atoms with Crippen LogP contribution in [0.15, 0.2) is 37.5 Å². The Morgan fingerprint density at radius 3 is 1.25 bits per heavy atom. The van der Waals surface area contributed by atoms with Gasteiger partial charge in [-0.1, -0.05) is 60.8 Å². The summed E-state index contributed by atoms with van der Waals surface area (Å²) in [5.41, 5.74) is 0.433. The van der Waals surface area contributed by atoms with Crippen molar-refractivity contribution in [1.82, 2.24) is 0 Å². The smallest absolute Gasteiger partial charge is 0.332 e. The minimum atomic E-state index is -0.394. The average molecular weight is 349 g/mol. The lowest BCUT2D eigenvalue weighted by Crippen LogP contribution is -1.98. The largest absolute Gasteiger partial charge is 0.466 e. The van der Waals surface area contributed by atoms with Gasteiger partial charge < -0.3 is 14.2 Å². The van der Waals surface area contributed by atoms with E-state index in [1.807, 2.05) is 41.5 Å². The number of esters is 2. The fourth-order valence-corrected chi connectivity index (χ4v) is 0.375. The molecule has 5 nitrogen and oxygen atoms in total. The van der Waals surface area contributed by atoms with E-state index >= 15 is 0 Å². The van der Waals surface area contributed by atoms with Gasteiger partial charge in [0.25, 0.3) is 0 Å². The zero-order valence-corrected chi connectivity index (χ0v) is 17.5. The van der Waals surface area contributed by atoms with Gasteiger partial charge in [-0.15, -0.1) is 6.58 Å². The summed E-state index contributed by atoms with van der Waals surface area (Å²) in [5.74, 6) is -0.741. The van der Waals surface area contributed by atoms with Gasteiger partial charge in [0.2, 0.25) is 0 Å². The van der Waals surface area contributed by atoms with Crippen LogP contribution in [0.1, 0.15) is 48.5 Å². The third-order valence-electron chi connectivity index (χ3n) is 1.19. The van der Waals surface area contributed by atoms with Crippen molar-refractivity contribution in [3.8, 4) is 0 Å². The molecule has 0 amide bonds. The molecule has 0 saturated heterocycles. The molecule has 0 aliphatic carbocycles.